The van der Waals surface area contributed by atoms with Gasteiger partial charge in [0.1, 0.15) is 11.4 Å². The molecule has 0 atom stereocenters. The first kappa shape index (κ1) is 11.5. The number of rotatable bonds is 2. The van der Waals surface area contributed by atoms with Crippen LogP contribution in [0.5, 0.6) is 5.75 Å². The molecular weight excluding hydrogens is 244 g/mol. The normalized spacial score (nSPS) is 11.0. The number of aromatic amines is 1. The third kappa shape index (κ3) is 1.79. The van der Waals surface area contributed by atoms with Crippen LogP contribution >= 0.6 is 0 Å². The fraction of sp³-hybridized carbons (Fsp3) is 0.143. The highest BCUT2D eigenvalue weighted by Crippen LogP contribution is 2.32. The SMILES string of the molecule is CCOC(=O)c1cc2c(cn1)[nH]c1cccc(O)c12. The second kappa shape index (κ2) is 4.28. The maximum atomic E-state index is 11.7. The van der Waals surface area contributed by atoms with Crippen LogP contribution in [0.2, 0.25) is 0 Å². The standard InChI is InChI=1S/C14H12N2O3/c1-2-19-14(18)10-6-8-11(7-15-10)16-9-4-3-5-12(17)13(8)9/h3-7,16-17H,2H2,1H3. The van der Waals surface area contributed by atoms with Gasteiger partial charge in [0.2, 0.25) is 0 Å². The lowest BCUT2D eigenvalue weighted by Crippen LogP contribution is -2.06. The number of phenolic OH excluding ortho intramolecular Hbond substituents is 1. The summed E-state index contributed by atoms with van der Waals surface area (Å²) < 4.78 is 4.92. The first-order chi connectivity index (χ1) is 9.20. The number of carbonyl (C=O) groups excluding carboxylic acids is 1. The van der Waals surface area contributed by atoms with Crippen LogP contribution < -0.4 is 0 Å². The lowest BCUT2D eigenvalue weighted by atomic mass is 10.1. The van der Waals surface area contributed by atoms with Crippen LogP contribution in [0, 0.1) is 0 Å². The number of aromatic nitrogens is 2. The number of carbonyl (C=O) groups is 1. The number of aromatic hydroxyl groups is 1. The average Bonchev–Trinajstić information content (AvgIpc) is 2.77. The maximum absolute atomic E-state index is 11.7. The summed E-state index contributed by atoms with van der Waals surface area (Å²) >= 11 is 0. The first-order valence-corrected chi connectivity index (χ1v) is 5.97. The van der Waals surface area contributed by atoms with Gasteiger partial charge in [0, 0.05) is 10.8 Å². The molecule has 0 radical (unpaired) electrons. The molecule has 3 aromatic rings. The van der Waals surface area contributed by atoms with Crippen molar-refractivity contribution < 1.29 is 14.6 Å². The molecule has 2 aromatic heterocycles. The van der Waals surface area contributed by atoms with Crippen molar-refractivity contribution in [1.29, 1.82) is 0 Å². The number of phenols is 1. The molecule has 0 unspecified atom stereocenters. The Balaban J connectivity index is 2.26. The number of nitrogens with zero attached hydrogens (tertiary/aromatic N) is 1. The first-order valence-electron chi connectivity index (χ1n) is 5.97. The van der Waals surface area contributed by atoms with E-state index in [4.69, 9.17) is 4.74 Å². The summed E-state index contributed by atoms with van der Waals surface area (Å²) in [4.78, 5) is 18.9. The van der Waals surface area contributed by atoms with Crippen LogP contribution in [0.3, 0.4) is 0 Å². The molecule has 2 N–H and O–H groups in total. The van der Waals surface area contributed by atoms with Crippen molar-refractivity contribution in [1.82, 2.24) is 9.97 Å². The van der Waals surface area contributed by atoms with E-state index in [-0.39, 0.29) is 11.4 Å². The van der Waals surface area contributed by atoms with Crippen LogP contribution in [0.1, 0.15) is 17.4 Å². The molecule has 2 heterocycles. The molecule has 0 saturated heterocycles. The Hall–Kier alpha value is -2.56. The number of nitrogens with one attached hydrogen (secondary N) is 1. The van der Waals surface area contributed by atoms with Gasteiger partial charge in [-0.25, -0.2) is 9.78 Å². The summed E-state index contributed by atoms with van der Waals surface area (Å²) in [6, 6.07) is 6.86. The minimum atomic E-state index is -0.464. The Bertz CT molecular complexity index is 777. The van der Waals surface area contributed by atoms with Crippen molar-refractivity contribution in [3.63, 3.8) is 0 Å². The van der Waals surface area contributed by atoms with Gasteiger partial charge in [0.05, 0.1) is 23.8 Å². The molecule has 0 amide bonds. The molecular formula is C14H12N2O3. The van der Waals surface area contributed by atoms with E-state index in [1.165, 1.54) is 0 Å². The van der Waals surface area contributed by atoms with E-state index in [0.29, 0.717) is 12.0 Å². The summed E-state index contributed by atoms with van der Waals surface area (Å²) in [5, 5.41) is 11.4. The summed E-state index contributed by atoms with van der Waals surface area (Å²) in [7, 11) is 0. The Kier molecular flexibility index (Phi) is 2.59. The van der Waals surface area contributed by atoms with Crippen molar-refractivity contribution in [2.45, 2.75) is 6.92 Å². The van der Waals surface area contributed by atoms with Gasteiger partial charge in [0.25, 0.3) is 0 Å². The predicted molar refractivity (Wildman–Crippen MR) is 71.2 cm³/mol. The number of H-pyrrole nitrogens is 1. The van der Waals surface area contributed by atoms with Gasteiger partial charge in [-0.05, 0) is 25.1 Å². The minimum absolute atomic E-state index is 0.171. The fourth-order valence-corrected chi connectivity index (χ4v) is 2.15. The predicted octanol–water partition coefficient (Wildman–Crippen LogP) is 2.60. The highest BCUT2D eigenvalue weighted by molar-refractivity contribution is 6.11. The summed E-state index contributed by atoms with van der Waals surface area (Å²) in [6.45, 7) is 2.05. The lowest BCUT2D eigenvalue weighted by molar-refractivity contribution is 0.0520. The van der Waals surface area contributed by atoms with E-state index in [1.807, 2.05) is 6.07 Å². The van der Waals surface area contributed by atoms with Gasteiger partial charge < -0.3 is 14.8 Å². The zero-order chi connectivity index (χ0) is 13.4. The summed E-state index contributed by atoms with van der Waals surface area (Å²) in [6.07, 6.45) is 1.57. The van der Waals surface area contributed by atoms with E-state index < -0.39 is 5.97 Å². The number of hydrogen-bond acceptors (Lipinski definition) is 4. The maximum Gasteiger partial charge on any atom is 0.356 e. The van der Waals surface area contributed by atoms with Gasteiger partial charge in [0.15, 0.2) is 0 Å². The molecule has 3 rings (SSSR count). The Morgan fingerprint density at radius 2 is 2.26 bits per heavy atom. The zero-order valence-corrected chi connectivity index (χ0v) is 10.3. The van der Waals surface area contributed by atoms with E-state index in [0.717, 1.165) is 16.4 Å². The monoisotopic (exact) mass is 256 g/mol. The molecule has 0 aliphatic carbocycles. The summed E-state index contributed by atoms with van der Waals surface area (Å²) in [5.41, 5.74) is 1.81. The molecule has 19 heavy (non-hydrogen) atoms. The van der Waals surface area contributed by atoms with Crippen LogP contribution in [0.4, 0.5) is 0 Å². The number of esters is 1. The van der Waals surface area contributed by atoms with Gasteiger partial charge in [-0.15, -0.1) is 0 Å². The van der Waals surface area contributed by atoms with E-state index in [1.54, 1.807) is 31.3 Å². The number of ether oxygens (including phenoxy) is 1. The van der Waals surface area contributed by atoms with Crippen LogP contribution in [-0.4, -0.2) is 27.7 Å². The molecule has 1 aromatic carbocycles. The molecule has 0 bridgehead atoms. The van der Waals surface area contributed by atoms with E-state index >= 15 is 0 Å². The van der Waals surface area contributed by atoms with Crippen molar-refractivity contribution >= 4 is 27.8 Å². The van der Waals surface area contributed by atoms with Crippen molar-refractivity contribution in [3.05, 3.63) is 36.2 Å². The molecule has 0 spiro atoms. The molecule has 0 fully saturated rings. The molecule has 0 aliphatic heterocycles. The smallest absolute Gasteiger partial charge is 0.356 e. The topological polar surface area (TPSA) is 75.2 Å². The quantitative estimate of drug-likeness (QED) is 0.691. The number of hydrogen-bond donors (Lipinski definition) is 2. The zero-order valence-electron chi connectivity index (χ0n) is 10.3. The third-order valence-corrected chi connectivity index (χ3v) is 2.97. The molecule has 96 valence electrons. The van der Waals surface area contributed by atoms with Crippen molar-refractivity contribution in [2.24, 2.45) is 0 Å². The van der Waals surface area contributed by atoms with Gasteiger partial charge in [-0.1, -0.05) is 6.07 Å². The van der Waals surface area contributed by atoms with E-state index in [2.05, 4.69) is 9.97 Å². The van der Waals surface area contributed by atoms with Gasteiger partial charge in [-0.2, -0.15) is 0 Å². The van der Waals surface area contributed by atoms with Crippen LogP contribution in [-0.2, 0) is 4.74 Å². The number of benzene rings is 1. The second-order valence-corrected chi connectivity index (χ2v) is 4.16. The second-order valence-electron chi connectivity index (χ2n) is 4.16. The Morgan fingerprint density at radius 3 is 3.05 bits per heavy atom. The largest absolute Gasteiger partial charge is 0.507 e. The number of fused-ring (bicyclic) bond motifs is 3. The molecule has 5 heteroatoms. The van der Waals surface area contributed by atoms with Gasteiger partial charge >= 0.3 is 5.97 Å². The lowest BCUT2D eigenvalue weighted by Gasteiger charge is -2.01. The fourth-order valence-electron chi connectivity index (χ4n) is 2.15. The van der Waals surface area contributed by atoms with Crippen LogP contribution in [0.25, 0.3) is 21.8 Å². The molecule has 0 saturated carbocycles. The molecule has 0 aliphatic rings. The molecule has 5 nitrogen and oxygen atoms in total. The highest BCUT2D eigenvalue weighted by atomic mass is 16.5. The highest BCUT2D eigenvalue weighted by Gasteiger charge is 2.13. The average molecular weight is 256 g/mol. The van der Waals surface area contributed by atoms with Crippen LogP contribution in [0.15, 0.2) is 30.5 Å². The van der Waals surface area contributed by atoms with Crippen molar-refractivity contribution in [2.75, 3.05) is 6.61 Å². The Morgan fingerprint density at radius 1 is 1.42 bits per heavy atom. The van der Waals surface area contributed by atoms with E-state index in [9.17, 15) is 9.90 Å². The Labute approximate surface area is 108 Å². The third-order valence-electron chi connectivity index (χ3n) is 2.97. The number of pyridine rings is 1. The van der Waals surface area contributed by atoms with Crippen molar-refractivity contribution in [3.8, 4) is 5.75 Å². The van der Waals surface area contributed by atoms with Gasteiger partial charge in [-0.3, -0.25) is 0 Å². The summed E-state index contributed by atoms with van der Waals surface area (Å²) in [5.74, 6) is -0.293. The minimum Gasteiger partial charge on any atom is -0.507 e.